The van der Waals surface area contributed by atoms with Crippen LogP contribution in [-0.4, -0.2) is 58.8 Å². The zero-order valence-electron chi connectivity index (χ0n) is 22.5. The van der Waals surface area contributed by atoms with Gasteiger partial charge in [-0.15, -0.1) is 10.2 Å². The third-order valence-corrected chi connectivity index (χ3v) is 9.08. The number of carbonyl (C=O) groups excluding carboxylic acids is 2. The molecule has 0 radical (unpaired) electrons. The molecule has 3 saturated carbocycles. The lowest BCUT2D eigenvalue weighted by Crippen LogP contribution is -2.50. The van der Waals surface area contributed by atoms with Gasteiger partial charge in [0.25, 0.3) is 11.8 Å². The van der Waals surface area contributed by atoms with E-state index in [9.17, 15) is 23.9 Å². The van der Waals surface area contributed by atoms with E-state index in [1.54, 1.807) is 12.4 Å². The van der Waals surface area contributed by atoms with Gasteiger partial charge in [-0.05, 0) is 61.6 Å². The Morgan fingerprint density at radius 2 is 1.83 bits per heavy atom. The summed E-state index contributed by atoms with van der Waals surface area (Å²) in [6.45, 7) is 0.803. The minimum Gasteiger partial charge on any atom is -0.483 e. The van der Waals surface area contributed by atoms with Crippen LogP contribution in [0, 0.1) is 16.6 Å². The fourth-order valence-corrected chi connectivity index (χ4v) is 6.38. The molecule has 1 aromatic carbocycles. The normalized spacial score (nSPS) is 22.2. The molecule has 3 aliphatic carbocycles. The highest BCUT2D eigenvalue weighted by Gasteiger charge is 2.52. The van der Waals surface area contributed by atoms with Crippen LogP contribution >= 0.6 is 0 Å². The molecule has 4 aliphatic rings. The summed E-state index contributed by atoms with van der Waals surface area (Å²) in [5, 5.41) is 27.3. The predicted octanol–water partition coefficient (Wildman–Crippen LogP) is 2.43. The fraction of sp³-hybridized carbons (Fsp3) is 0.393. The van der Waals surface area contributed by atoms with Crippen LogP contribution in [0.4, 0.5) is 4.39 Å². The van der Waals surface area contributed by atoms with Crippen molar-refractivity contribution in [2.45, 2.75) is 51.7 Å². The molecular formula is C28H27FN8O5. The quantitative estimate of drug-likeness (QED) is 0.300. The van der Waals surface area contributed by atoms with E-state index >= 15 is 0 Å². The van der Waals surface area contributed by atoms with Gasteiger partial charge in [-0.25, -0.2) is 13.9 Å². The van der Waals surface area contributed by atoms with Crippen molar-refractivity contribution in [2.24, 2.45) is 10.8 Å². The Hall–Kier alpha value is -4.88. The molecule has 0 saturated heterocycles. The fourth-order valence-electron chi connectivity index (χ4n) is 6.38. The van der Waals surface area contributed by atoms with Crippen molar-refractivity contribution < 1.29 is 28.6 Å². The van der Waals surface area contributed by atoms with E-state index in [-0.39, 0.29) is 29.0 Å². The number of ether oxygens (including phenoxy) is 1. The first-order chi connectivity index (χ1) is 20.3. The van der Waals surface area contributed by atoms with E-state index in [1.807, 2.05) is 16.7 Å². The van der Waals surface area contributed by atoms with Gasteiger partial charge in [0.1, 0.15) is 30.1 Å². The van der Waals surface area contributed by atoms with Gasteiger partial charge in [-0.2, -0.15) is 5.10 Å². The van der Waals surface area contributed by atoms with Gasteiger partial charge < -0.3 is 20.5 Å². The number of aliphatic carboxylic acids is 1. The van der Waals surface area contributed by atoms with Crippen LogP contribution in [-0.2, 0) is 17.9 Å². The molecule has 4 heterocycles. The van der Waals surface area contributed by atoms with E-state index < -0.39 is 29.0 Å². The molecule has 4 aromatic rings. The lowest BCUT2D eigenvalue weighted by Gasteiger charge is -2.51. The van der Waals surface area contributed by atoms with Crippen LogP contribution in [0.25, 0.3) is 11.3 Å². The second-order valence-corrected chi connectivity index (χ2v) is 11.4. The van der Waals surface area contributed by atoms with Crippen LogP contribution in [0.1, 0.15) is 70.9 Å². The molecular weight excluding hydrogens is 547 g/mol. The van der Waals surface area contributed by atoms with Gasteiger partial charge in [0.2, 0.25) is 0 Å². The molecule has 14 heteroatoms. The average Bonchev–Trinajstić information content (AvgIpc) is 3.66. The molecule has 0 spiro atoms. The number of aromatic nitrogens is 6. The molecule has 216 valence electrons. The van der Waals surface area contributed by atoms with E-state index in [2.05, 4.69) is 30.9 Å². The number of hydrogen-bond donors (Lipinski definition) is 3. The summed E-state index contributed by atoms with van der Waals surface area (Å²) < 4.78 is 23.2. The number of benzene rings is 1. The Labute approximate surface area is 238 Å². The Balaban J connectivity index is 1.07. The topological polar surface area (TPSA) is 166 Å². The summed E-state index contributed by atoms with van der Waals surface area (Å²) in [6.07, 6.45) is 6.44. The molecule has 3 fully saturated rings. The SMILES string of the molecule is O=C(NCc1ccc2c(c1)-n1cnnc1CO2)c1cc(C(=O)NCC23CCC(C(=O)O)(CC2)CC3)n2ncc(F)c2n1. The lowest BCUT2D eigenvalue weighted by atomic mass is 9.53. The molecule has 0 atom stereocenters. The summed E-state index contributed by atoms with van der Waals surface area (Å²) in [7, 11) is 0. The summed E-state index contributed by atoms with van der Waals surface area (Å²) >= 11 is 0. The van der Waals surface area contributed by atoms with Gasteiger partial charge in [0, 0.05) is 19.2 Å². The second kappa shape index (κ2) is 9.60. The third-order valence-electron chi connectivity index (χ3n) is 9.08. The standard InChI is InChI=1S/C28H27FN8O5/c29-17-12-33-37-20(25(39)31-14-27-3-6-28(7-4-27,8-5-27)26(40)41)10-18(34-23(17)37)24(38)30-11-16-1-2-21-19(9-16)36-15-32-35-22(36)13-42-21/h1-2,9-10,12,15H,3-8,11,13-14H2,(H,30,38)(H,31,39)(H,40,41). The van der Waals surface area contributed by atoms with E-state index in [1.165, 1.54) is 6.07 Å². The Morgan fingerprint density at radius 3 is 2.60 bits per heavy atom. The first-order valence-corrected chi connectivity index (χ1v) is 13.8. The Morgan fingerprint density at radius 1 is 1.05 bits per heavy atom. The zero-order valence-corrected chi connectivity index (χ0v) is 22.5. The van der Waals surface area contributed by atoms with Gasteiger partial charge >= 0.3 is 5.97 Å². The number of rotatable bonds is 7. The largest absolute Gasteiger partial charge is 0.483 e. The highest BCUT2D eigenvalue weighted by Crippen LogP contribution is 2.56. The number of fused-ring (bicyclic) bond motifs is 7. The first-order valence-electron chi connectivity index (χ1n) is 13.8. The molecule has 42 heavy (non-hydrogen) atoms. The minimum absolute atomic E-state index is 0.0250. The van der Waals surface area contributed by atoms with Crippen molar-refractivity contribution in [1.82, 2.24) is 40.0 Å². The van der Waals surface area contributed by atoms with Gasteiger partial charge in [-0.3, -0.25) is 19.0 Å². The number of nitrogens with zero attached hydrogens (tertiary/aromatic N) is 6. The summed E-state index contributed by atoms with van der Waals surface area (Å²) in [5.74, 6) is -1.28. The van der Waals surface area contributed by atoms with Crippen molar-refractivity contribution in [1.29, 1.82) is 0 Å². The molecule has 3 N–H and O–H groups in total. The summed E-state index contributed by atoms with van der Waals surface area (Å²) in [6, 6.07) is 6.76. The van der Waals surface area contributed by atoms with Crippen LogP contribution in [0.5, 0.6) is 5.75 Å². The maximum Gasteiger partial charge on any atom is 0.309 e. The smallest absolute Gasteiger partial charge is 0.309 e. The van der Waals surface area contributed by atoms with Gasteiger partial charge in [-0.1, -0.05) is 6.07 Å². The Kier molecular flexibility index (Phi) is 5.95. The van der Waals surface area contributed by atoms with Crippen molar-refractivity contribution in [3.63, 3.8) is 0 Å². The number of halogens is 1. The number of amides is 2. The van der Waals surface area contributed by atoms with Crippen molar-refractivity contribution in [2.75, 3.05) is 6.54 Å². The maximum atomic E-state index is 14.6. The van der Waals surface area contributed by atoms with E-state index in [0.717, 1.165) is 22.0 Å². The molecule has 1 aliphatic heterocycles. The molecule has 2 bridgehead atoms. The Bertz CT molecular complexity index is 1740. The monoisotopic (exact) mass is 574 g/mol. The molecule has 2 amide bonds. The molecule has 13 nitrogen and oxygen atoms in total. The molecule has 3 aromatic heterocycles. The molecule has 8 rings (SSSR count). The zero-order chi connectivity index (χ0) is 29.1. The van der Waals surface area contributed by atoms with Gasteiger partial charge in [0.05, 0.1) is 17.3 Å². The van der Waals surface area contributed by atoms with E-state index in [0.29, 0.717) is 63.3 Å². The van der Waals surface area contributed by atoms with Crippen LogP contribution in [0.3, 0.4) is 0 Å². The number of hydrogen-bond acceptors (Lipinski definition) is 8. The van der Waals surface area contributed by atoms with Crippen molar-refractivity contribution in [3.05, 3.63) is 65.4 Å². The minimum atomic E-state index is -0.763. The van der Waals surface area contributed by atoms with E-state index in [4.69, 9.17) is 4.74 Å². The third kappa shape index (κ3) is 4.25. The highest BCUT2D eigenvalue weighted by molar-refractivity contribution is 5.98. The lowest BCUT2D eigenvalue weighted by molar-refractivity contribution is -0.158. The number of carboxylic acids is 1. The molecule has 0 unspecified atom stereocenters. The second-order valence-electron chi connectivity index (χ2n) is 11.4. The summed E-state index contributed by atoms with van der Waals surface area (Å²) in [4.78, 5) is 42.4. The number of carboxylic acid groups (broad SMARTS) is 1. The highest BCUT2D eigenvalue weighted by atomic mass is 19.1. The average molecular weight is 575 g/mol. The first kappa shape index (κ1) is 26.0. The van der Waals surface area contributed by atoms with Crippen molar-refractivity contribution in [3.8, 4) is 11.4 Å². The number of nitrogens with one attached hydrogen (secondary N) is 2. The number of carbonyl (C=O) groups is 3. The van der Waals surface area contributed by atoms with Gasteiger partial charge in [0.15, 0.2) is 17.3 Å². The predicted molar refractivity (Wildman–Crippen MR) is 142 cm³/mol. The van der Waals surface area contributed by atoms with Crippen LogP contribution in [0.2, 0.25) is 0 Å². The van der Waals surface area contributed by atoms with Crippen LogP contribution < -0.4 is 15.4 Å². The maximum absolute atomic E-state index is 14.6. The van der Waals surface area contributed by atoms with Crippen LogP contribution in [0.15, 0.2) is 36.8 Å². The summed E-state index contributed by atoms with van der Waals surface area (Å²) in [5.41, 5.74) is 0.299. The van der Waals surface area contributed by atoms with Crippen molar-refractivity contribution >= 4 is 23.4 Å².